The van der Waals surface area contributed by atoms with E-state index in [9.17, 15) is 4.79 Å². The normalized spacial score (nSPS) is 10.2. The van der Waals surface area contributed by atoms with E-state index in [1.807, 2.05) is 16.9 Å². The van der Waals surface area contributed by atoms with Crippen LogP contribution in [0.4, 0.5) is 5.82 Å². The number of carbonyl (C=O) groups is 1. The van der Waals surface area contributed by atoms with Crippen molar-refractivity contribution in [3.63, 3.8) is 0 Å². The van der Waals surface area contributed by atoms with Crippen LogP contribution in [0.25, 0.3) is 0 Å². The van der Waals surface area contributed by atoms with Crippen molar-refractivity contribution in [2.24, 2.45) is 0 Å². The van der Waals surface area contributed by atoms with Crippen LogP contribution in [-0.2, 0) is 11.3 Å². The topological polar surface area (TPSA) is 81.9 Å². The third-order valence-electron chi connectivity index (χ3n) is 2.46. The fourth-order valence-electron chi connectivity index (χ4n) is 1.54. The largest absolute Gasteiger partial charge is 0.464 e. The minimum atomic E-state index is -0.493. The molecule has 7 heteroatoms. The molecule has 0 saturated heterocycles. The molecular weight excluding hydrogens is 246 g/mol. The van der Waals surface area contributed by atoms with Crippen LogP contribution in [0.2, 0.25) is 0 Å². The third kappa shape index (κ3) is 3.77. The van der Waals surface area contributed by atoms with E-state index in [-0.39, 0.29) is 5.69 Å². The van der Waals surface area contributed by atoms with Crippen molar-refractivity contribution in [3.05, 3.63) is 36.5 Å². The molecule has 7 nitrogen and oxygen atoms in total. The maximum Gasteiger partial charge on any atom is 0.358 e. The highest BCUT2D eigenvalue weighted by Gasteiger charge is 2.07. The van der Waals surface area contributed by atoms with Crippen molar-refractivity contribution in [2.45, 2.75) is 13.0 Å². The molecule has 100 valence electrons. The average Bonchev–Trinajstić information content (AvgIpc) is 2.96. The van der Waals surface area contributed by atoms with Crippen molar-refractivity contribution in [1.29, 1.82) is 0 Å². The fourth-order valence-corrected chi connectivity index (χ4v) is 1.54. The van der Waals surface area contributed by atoms with Crippen molar-refractivity contribution in [1.82, 2.24) is 19.7 Å². The van der Waals surface area contributed by atoms with E-state index in [2.05, 4.69) is 25.1 Å². The molecule has 0 amide bonds. The van der Waals surface area contributed by atoms with Gasteiger partial charge < -0.3 is 10.1 Å². The molecular formula is C12H15N5O2. The highest BCUT2D eigenvalue weighted by atomic mass is 16.5. The van der Waals surface area contributed by atoms with Crippen LogP contribution in [0.5, 0.6) is 0 Å². The molecule has 0 saturated carbocycles. The number of methoxy groups -OCH3 is 1. The lowest BCUT2D eigenvalue weighted by Gasteiger charge is -2.06. The first kappa shape index (κ1) is 13.0. The molecule has 0 aromatic carbocycles. The number of carbonyl (C=O) groups excluding carboxylic acids is 1. The van der Waals surface area contributed by atoms with Gasteiger partial charge in [0.1, 0.15) is 5.82 Å². The van der Waals surface area contributed by atoms with Crippen LogP contribution in [0.3, 0.4) is 0 Å². The quantitative estimate of drug-likeness (QED) is 0.616. The number of anilines is 1. The molecule has 1 N–H and O–H groups in total. The van der Waals surface area contributed by atoms with Crippen molar-refractivity contribution >= 4 is 11.8 Å². The Morgan fingerprint density at radius 2 is 2.37 bits per heavy atom. The van der Waals surface area contributed by atoms with E-state index in [1.54, 1.807) is 12.4 Å². The van der Waals surface area contributed by atoms with Gasteiger partial charge in [0.25, 0.3) is 0 Å². The average molecular weight is 261 g/mol. The minimum absolute atomic E-state index is 0.194. The SMILES string of the molecule is COC(=O)c1cncc(NCCCn2cccn2)n1. The van der Waals surface area contributed by atoms with Gasteiger partial charge in [-0.15, -0.1) is 0 Å². The van der Waals surface area contributed by atoms with Crippen molar-refractivity contribution < 1.29 is 9.53 Å². The van der Waals surface area contributed by atoms with Crippen LogP contribution in [-0.4, -0.2) is 39.4 Å². The Morgan fingerprint density at radius 1 is 1.47 bits per heavy atom. The van der Waals surface area contributed by atoms with E-state index < -0.39 is 5.97 Å². The van der Waals surface area contributed by atoms with E-state index in [0.717, 1.165) is 19.5 Å². The van der Waals surface area contributed by atoms with E-state index >= 15 is 0 Å². The van der Waals surface area contributed by atoms with E-state index in [0.29, 0.717) is 5.82 Å². The van der Waals surface area contributed by atoms with Gasteiger partial charge in [0.15, 0.2) is 5.69 Å². The molecule has 2 heterocycles. The Kier molecular flexibility index (Phi) is 4.44. The van der Waals surface area contributed by atoms with Gasteiger partial charge in [0.2, 0.25) is 0 Å². The summed E-state index contributed by atoms with van der Waals surface area (Å²) in [7, 11) is 1.31. The molecule has 0 aliphatic heterocycles. The standard InChI is InChI=1S/C12H15N5O2/c1-19-12(18)10-8-13-9-11(16-10)14-4-2-6-17-7-3-5-15-17/h3,5,7-9H,2,4,6H2,1H3,(H,14,16). The number of ether oxygens (including phenoxy) is 1. The minimum Gasteiger partial charge on any atom is -0.464 e. The van der Waals surface area contributed by atoms with Crippen LogP contribution in [0.1, 0.15) is 16.9 Å². The molecule has 0 unspecified atom stereocenters. The third-order valence-corrected chi connectivity index (χ3v) is 2.46. The number of nitrogens with zero attached hydrogens (tertiary/aromatic N) is 4. The van der Waals surface area contributed by atoms with Gasteiger partial charge in [-0.1, -0.05) is 0 Å². The molecule has 0 aliphatic rings. The zero-order chi connectivity index (χ0) is 13.5. The summed E-state index contributed by atoms with van der Waals surface area (Å²) in [5, 5.41) is 7.21. The summed E-state index contributed by atoms with van der Waals surface area (Å²) in [4.78, 5) is 19.3. The van der Waals surface area contributed by atoms with Gasteiger partial charge in [-0.2, -0.15) is 5.10 Å². The second-order valence-electron chi connectivity index (χ2n) is 3.83. The lowest BCUT2D eigenvalue weighted by atomic mass is 10.4. The number of hydrogen-bond donors (Lipinski definition) is 1. The number of esters is 1. The van der Waals surface area contributed by atoms with E-state index in [4.69, 9.17) is 0 Å². The number of hydrogen-bond acceptors (Lipinski definition) is 6. The monoisotopic (exact) mass is 261 g/mol. The molecule has 0 radical (unpaired) electrons. The number of rotatable bonds is 6. The predicted octanol–water partition coefficient (Wildman–Crippen LogP) is 0.962. The molecule has 19 heavy (non-hydrogen) atoms. The molecule has 0 bridgehead atoms. The molecule has 2 aromatic rings. The summed E-state index contributed by atoms with van der Waals surface area (Å²) in [6.45, 7) is 1.54. The first-order valence-electron chi connectivity index (χ1n) is 5.91. The molecule has 2 aromatic heterocycles. The van der Waals surface area contributed by atoms with Gasteiger partial charge >= 0.3 is 5.97 Å². The summed E-state index contributed by atoms with van der Waals surface area (Å²) in [5.74, 6) is 0.0658. The Balaban J connectivity index is 1.81. The fraction of sp³-hybridized carbons (Fsp3) is 0.333. The lowest BCUT2D eigenvalue weighted by molar-refractivity contribution is 0.0593. The van der Waals surface area contributed by atoms with Gasteiger partial charge in [0.05, 0.1) is 19.5 Å². The molecule has 0 aliphatic carbocycles. The lowest BCUT2D eigenvalue weighted by Crippen LogP contribution is -2.11. The predicted molar refractivity (Wildman–Crippen MR) is 68.7 cm³/mol. The first-order valence-corrected chi connectivity index (χ1v) is 5.91. The second kappa shape index (κ2) is 6.48. The number of aromatic nitrogens is 4. The van der Waals surface area contributed by atoms with Crippen LogP contribution >= 0.6 is 0 Å². The highest BCUT2D eigenvalue weighted by Crippen LogP contribution is 2.03. The number of aryl methyl sites for hydroxylation is 1. The van der Waals surface area contributed by atoms with Crippen LogP contribution in [0.15, 0.2) is 30.9 Å². The zero-order valence-corrected chi connectivity index (χ0v) is 10.6. The van der Waals surface area contributed by atoms with Gasteiger partial charge in [-0.3, -0.25) is 9.67 Å². The summed E-state index contributed by atoms with van der Waals surface area (Å²) in [6, 6.07) is 1.89. The van der Waals surface area contributed by atoms with Crippen LogP contribution in [0, 0.1) is 0 Å². The van der Waals surface area contributed by atoms with E-state index in [1.165, 1.54) is 13.3 Å². The van der Waals surface area contributed by atoms with Crippen LogP contribution < -0.4 is 5.32 Å². The molecule has 2 rings (SSSR count). The summed E-state index contributed by atoms with van der Waals surface area (Å²) < 4.78 is 6.44. The Morgan fingerprint density at radius 3 is 3.11 bits per heavy atom. The summed E-state index contributed by atoms with van der Waals surface area (Å²) >= 11 is 0. The smallest absolute Gasteiger partial charge is 0.358 e. The molecule has 0 atom stereocenters. The van der Waals surface area contributed by atoms with Gasteiger partial charge in [-0.25, -0.2) is 9.78 Å². The van der Waals surface area contributed by atoms with Gasteiger partial charge in [-0.05, 0) is 12.5 Å². The van der Waals surface area contributed by atoms with Crippen molar-refractivity contribution in [3.8, 4) is 0 Å². The maximum absolute atomic E-state index is 11.3. The van der Waals surface area contributed by atoms with Gasteiger partial charge in [0, 0.05) is 25.5 Å². The highest BCUT2D eigenvalue weighted by molar-refractivity contribution is 5.87. The summed E-state index contributed by atoms with van der Waals surface area (Å²) in [6.07, 6.45) is 7.50. The van der Waals surface area contributed by atoms with Crippen molar-refractivity contribution in [2.75, 3.05) is 19.0 Å². The molecule has 0 fully saturated rings. The second-order valence-corrected chi connectivity index (χ2v) is 3.83. The molecule has 0 spiro atoms. The summed E-state index contributed by atoms with van der Waals surface area (Å²) in [5.41, 5.74) is 0.194. The Labute approximate surface area is 110 Å². The maximum atomic E-state index is 11.3. The Bertz CT molecular complexity index is 527. The Hall–Kier alpha value is -2.44. The first-order chi connectivity index (χ1) is 9.29. The zero-order valence-electron chi connectivity index (χ0n) is 10.6. The number of nitrogens with one attached hydrogen (secondary N) is 1.